The molecule has 0 bridgehead atoms. The first kappa shape index (κ1) is 16.8. The standard InChI is InChI=1S/C20H26N2O2/c1-23-18-8-4-16(5-9-18)20(22-14-3-12-21-13-15-22)17-6-10-19(24-2)11-7-17/h4-11,20-21H,3,12-15H2,1-2H3. The molecule has 1 aliphatic rings. The van der Waals surface area contributed by atoms with E-state index in [1.807, 2.05) is 24.3 Å². The van der Waals surface area contributed by atoms with E-state index >= 15 is 0 Å². The second-order valence-electron chi connectivity index (χ2n) is 6.09. The Hall–Kier alpha value is -2.04. The third kappa shape index (κ3) is 3.89. The molecule has 128 valence electrons. The number of rotatable bonds is 5. The highest BCUT2D eigenvalue weighted by atomic mass is 16.5. The van der Waals surface area contributed by atoms with Crippen LogP contribution in [0.2, 0.25) is 0 Å². The highest BCUT2D eigenvalue weighted by Gasteiger charge is 2.23. The molecule has 24 heavy (non-hydrogen) atoms. The van der Waals surface area contributed by atoms with Crippen molar-refractivity contribution >= 4 is 0 Å². The maximum absolute atomic E-state index is 5.31. The smallest absolute Gasteiger partial charge is 0.118 e. The first-order valence-corrected chi connectivity index (χ1v) is 8.54. The van der Waals surface area contributed by atoms with Crippen LogP contribution in [0.4, 0.5) is 0 Å². The van der Waals surface area contributed by atoms with E-state index in [1.54, 1.807) is 14.2 Å². The first-order valence-electron chi connectivity index (χ1n) is 8.54. The fraction of sp³-hybridized carbons (Fsp3) is 0.400. The summed E-state index contributed by atoms with van der Waals surface area (Å²) in [6.07, 6.45) is 1.17. The van der Waals surface area contributed by atoms with Crippen molar-refractivity contribution in [3.63, 3.8) is 0 Å². The number of ether oxygens (including phenoxy) is 2. The molecule has 0 amide bonds. The number of nitrogens with one attached hydrogen (secondary N) is 1. The zero-order chi connectivity index (χ0) is 16.8. The Morgan fingerprint density at radius 2 is 1.33 bits per heavy atom. The quantitative estimate of drug-likeness (QED) is 0.915. The van der Waals surface area contributed by atoms with E-state index in [4.69, 9.17) is 9.47 Å². The van der Waals surface area contributed by atoms with Crippen molar-refractivity contribution in [3.05, 3.63) is 59.7 Å². The summed E-state index contributed by atoms with van der Waals surface area (Å²) >= 11 is 0. The van der Waals surface area contributed by atoms with Gasteiger partial charge in [-0.1, -0.05) is 24.3 Å². The maximum Gasteiger partial charge on any atom is 0.118 e. The van der Waals surface area contributed by atoms with Crippen LogP contribution in [0, 0.1) is 0 Å². The van der Waals surface area contributed by atoms with Crippen LogP contribution < -0.4 is 14.8 Å². The van der Waals surface area contributed by atoms with Crippen molar-refractivity contribution in [2.45, 2.75) is 12.5 Å². The van der Waals surface area contributed by atoms with Crippen molar-refractivity contribution in [1.29, 1.82) is 0 Å². The molecule has 0 spiro atoms. The third-order valence-electron chi connectivity index (χ3n) is 4.60. The molecule has 0 unspecified atom stereocenters. The molecule has 1 aliphatic heterocycles. The molecule has 3 rings (SSSR count). The van der Waals surface area contributed by atoms with Crippen LogP contribution in [-0.2, 0) is 0 Å². The minimum Gasteiger partial charge on any atom is -0.497 e. The SMILES string of the molecule is COc1ccc(C(c2ccc(OC)cc2)N2CCCNCC2)cc1. The van der Waals surface area contributed by atoms with Gasteiger partial charge >= 0.3 is 0 Å². The van der Waals surface area contributed by atoms with Gasteiger partial charge in [0.2, 0.25) is 0 Å². The summed E-state index contributed by atoms with van der Waals surface area (Å²) in [5.41, 5.74) is 2.59. The maximum atomic E-state index is 5.31. The van der Waals surface area contributed by atoms with Gasteiger partial charge < -0.3 is 14.8 Å². The van der Waals surface area contributed by atoms with E-state index in [1.165, 1.54) is 17.5 Å². The van der Waals surface area contributed by atoms with Crippen LogP contribution in [0.3, 0.4) is 0 Å². The third-order valence-corrected chi connectivity index (χ3v) is 4.60. The highest BCUT2D eigenvalue weighted by molar-refractivity contribution is 5.38. The molecular formula is C20H26N2O2. The summed E-state index contributed by atoms with van der Waals surface area (Å²) in [6, 6.07) is 17.1. The Balaban J connectivity index is 1.94. The highest BCUT2D eigenvalue weighted by Crippen LogP contribution is 2.31. The van der Waals surface area contributed by atoms with E-state index in [0.717, 1.165) is 37.7 Å². The van der Waals surface area contributed by atoms with E-state index in [0.29, 0.717) is 0 Å². The Labute approximate surface area is 144 Å². The average molecular weight is 326 g/mol. The summed E-state index contributed by atoms with van der Waals surface area (Å²) in [5.74, 6) is 1.79. The summed E-state index contributed by atoms with van der Waals surface area (Å²) < 4.78 is 10.6. The molecule has 2 aromatic carbocycles. The topological polar surface area (TPSA) is 33.7 Å². The summed E-state index contributed by atoms with van der Waals surface area (Å²) in [6.45, 7) is 4.26. The molecule has 1 N–H and O–H groups in total. The van der Waals surface area contributed by atoms with Gasteiger partial charge in [-0.05, 0) is 48.4 Å². The van der Waals surface area contributed by atoms with Gasteiger partial charge in [0, 0.05) is 19.6 Å². The number of hydrogen-bond donors (Lipinski definition) is 1. The molecule has 1 saturated heterocycles. The lowest BCUT2D eigenvalue weighted by atomic mass is 9.96. The molecule has 0 aromatic heterocycles. The van der Waals surface area contributed by atoms with Crippen LogP contribution in [0.15, 0.2) is 48.5 Å². The second-order valence-corrected chi connectivity index (χ2v) is 6.09. The minimum atomic E-state index is 0.252. The predicted molar refractivity (Wildman–Crippen MR) is 96.9 cm³/mol. The molecular weight excluding hydrogens is 300 g/mol. The molecule has 4 heteroatoms. The lowest BCUT2D eigenvalue weighted by Crippen LogP contribution is -2.33. The van der Waals surface area contributed by atoms with Gasteiger partial charge in [-0.3, -0.25) is 4.90 Å². The lowest BCUT2D eigenvalue weighted by molar-refractivity contribution is 0.241. The van der Waals surface area contributed by atoms with Crippen molar-refractivity contribution in [1.82, 2.24) is 10.2 Å². The Morgan fingerprint density at radius 3 is 1.83 bits per heavy atom. The zero-order valence-electron chi connectivity index (χ0n) is 14.5. The predicted octanol–water partition coefficient (Wildman–Crippen LogP) is 3.09. The number of methoxy groups -OCH3 is 2. The molecule has 1 fully saturated rings. The fourth-order valence-electron chi connectivity index (χ4n) is 3.31. The average Bonchev–Trinajstić information content (AvgIpc) is 2.92. The van der Waals surface area contributed by atoms with Crippen LogP contribution in [0.1, 0.15) is 23.6 Å². The van der Waals surface area contributed by atoms with E-state index in [2.05, 4.69) is 34.5 Å². The fourth-order valence-corrected chi connectivity index (χ4v) is 3.31. The molecule has 0 saturated carbocycles. The number of benzene rings is 2. The Bertz CT molecular complexity index is 570. The second kappa shape index (κ2) is 8.18. The summed E-state index contributed by atoms with van der Waals surface area (Å²) in [7, 11) is 3.41. The largest absolute Gasteiger partial charge is 0.497 e. The van der Waals surface area contributed by atoms with E-state index in [-0.39, 0.29) is 6.04 Å². The van der Waals surface area contributed by atoms with Crippen molar-refractivity contribution in [2.24, 2.45) is 0 Å². The van der Waals surface area contributed by atoms with E-state index in [9.17, 15) is 0 Å². The van der Waals surface area contributed by atoms with Crippen LogP contribution in [0.5, 0.6) is 11.5 Å². The molecule has 0 aliphatic carbocycles. The molecule has 4 nitrogen and oxygen atoms in total. The van der Waals surface area contributed by atoms with Crippen molar-refractivity contribution in [3.8, 4) is 11.5 Å². The van der Waals surface area contributed by atoms with Crippen molar-refractivity contribution in [2.75, 3.05) is 40.4 Å². The Kier molecular flexibility index (Phi) is 5.72. The molecule has 0 atom stereocenters. The van der Waals surface area contributed by atoms with Crippen molar-refractivity contribution < 1.29 is 9.47 Å². The van der Waals surface area contributed by atoms with Gasteiger partial charge in [-0.25, -0.2) is 0 Å². The Morgan fingerprint density at radius 1 is 0.792 bits per heavy atom. The van der Waals surface area contributed by atoms with Gasteiger partial charge in [-0.15, -0.1) is 0 Å². The monoisotopic (exact) mass is 326 g/mol. The molecule has 1 heterocycles. The van der Waals surface area contributed by atoms with Gasteiger partial charge in [0.25, 0.3) is 0 Å². The van der Waals surface area contributed by atoms with Gasteiger partial charge in [-0.2, -0.15) is 0 Å². The van der Waals surface area contributed by atoms with Gasteiger partial charge in [0.15, 0.2) is 0 Å². The van der Waals surface area contributed by atoms with Crippen LogP contribution >= 0.6 is 0 Å². The lowest BCUT2D eigenvalue weighted by Gasteiger charge is -2.31. The van der Waals surface area contributed by atoms with Gasteiger partial charge in [0.05, 0.1) is 20.3 Å². The van der Waals surface area contributed by atoms with Gasteiger partial charge in [0.1, 0.15) is 11.5 Å². The zero-order valence-corrected chi connectivity index (χ0v) is 14.5. The normalized spacial score (nSPS) is 16.0. The molecule has 2 aromatic rings. The molecule has 0 radical (unpaired) electrons. The van der Waals surface area contributed by atoms with Crippen LogP contribution in [-0.4, -0.2) is 45.3 Å². The number of nitrogens with zero attached hydrogens (tertiary/aromatic N) is 1. The summed E-state index contributed by atoms with van der Waals surface area (Å²) in [4.78, 5) is 2.56. The summed E-state index contributed by atoms with van der Waals surface area (Å²) in [5, 5.41) is 3.49. The number of hydrogen-bond acceptors (Lipinski definition) is 4. The van der Waals surface area contributed by atoms with E-state index < -0.39 is 0 Å². The minimum absolute atomic E-state index is 0.252. The first-order chi connectivity index (χ1) is 11.8. The van der Waals surface area contributed by atoms with Crippen LogP contribution in [0.25, 0.3) is 0 Å².